The average molecular weight is 188 g/mol. The second kappa shape index (κ2) is 2.94. The highest BCUT2D eigenvalue weighted by Gasteiger charge is 2.60. The topological polar surface area (TPSA) is 17.1 Å². The van der Waals surface area contributed by atoms with Crippen LogP contribution in [0.15, 0.2) is 30.3 Å². The molecular weight excluding hydrogens is 172 g/mol. The van der Waals surface area contributed by atoms with Gasteiger partial charge in [-0.3, -0.25) is 4.79 Å². The van der Waals surface area contributed by atoms with Crippen LogP contribution in [0.1, 0.15) is 32.3 Å². The van der Waals surface area contributed by atoms with Crippen LogP contribution in [-0.2, 0) is 4.79 Å². The molecule has 2 atom stereocenters. The van der Waals surface area contributed by atoms with Crippen molar-refractivity contribution in [2.24, 2.45) is 11.3 Å². The molecule has 14 heavy (non-hydrogen) atoms. The van der Waals surface area contributed by atoms with E-state index in [0.717, 1.165) is 0 Å². The number of carbonyl (C=O) groups excluding carboxylic acids is 1. The third kappa shape index (κ3) is 1.28. The second-order valence-electron chi connectivity index (χ2n) is 4.80. The predicted octanol–water partition coefficient (Wildman–Crippen LogP) is 3.02. The van der Waals surface area contributed by atoms with Gasteiger partial charge >= 0.3 is 0 Å². The number of ketones is 1. The molecule has 1 nitrogen and oxygen atoms in total. The molecule has 1 saturated carbocycles. The molecule has 1 fully saturated rings. The van der Waals surface area contributed by atoms with Gasteiger partial charge in [-0.15, -0.1) is 0 Å². The standard InChI is InChI=1S/C13H16O/c1-9(14)11-12(13(11,2)3)10-7-5-4-6-8-10/h4-8,11-12H,1-3H3/t11-,12-/m0/s1. The smallest absolute Gasteiger partial charge is 0.134 e. The first-order chi connectivity index (χ1) is 6.55. The highest BCUT2D eigenvalue weighted by molar-refractivity contribution is 5.84. The van der Waals surface area contributed by atoms with Gasteiger partial charge in [0, 0.05) is 5.92 Å². The van der Waals surface area contributed by atoms with Gasteiger partial charge in [-0.25, -0.2) is 0 Å². The summed E-state index contributed by atoms with van der Waals surface area (Å²) >= 11 is 0. The fourth-order valence-electron chi connectivity index (χ4n) is 2.68. The monoisotopic (exact) mass is 188 g/mol. The van der Waals surface area contributed by atoms with E-state index < -0.39 is 0 Å². The van der Waals surface area contributed by atoms with E-state index in [1.807, 2.05) is 18.2 Å². The van der Waals surface area contributed by atoms with Crippen molar-refractivity contribution in [1.29, 1.82) is 0 Å². The number of benzene rings is 1. The van der Waals surface area contributed by atoms with E-state index in [0.29, 0.717) is 11.7 Å². The molecule has 0 N–H and O–H groups in total. The third-order valence-corrected chi connectivity index (χ3v) is 3.42. The molecule has 1 aliphatic carbocycles. The minimum atomic E-state index is 0.160. The Hall–Kier alpha value is -1.11. The van der Waals surface area contributed by atoms with Gasteiger partial charge in [0.25, 0.3) is 0 Å². The van der Waals surface area contributed by atoms with E-state index >= 15 is 0 Å². The molecule has 1 aromatic carbocycles. The summed E-state index contributed by atoms with van der Waals surface area (Å²) in [5, 5.41) is 0. The van der Waals surface area contributed by atoms with Crippen LogP contribution in [-0.4, -0.2) is 5.78 Å². The lowest BCUT2D eigenvalue weighted by Crippen LogP contribution is -1.99. The summed E-state index contributed by atoms with van der Waals surface area (Å²) in [7, 11) is 0. The molecular formula is C13H16O. The van der Waals surface area contributed by atoms with Crippen LogP contribution >= 0.6 is 0 Å². The summed E-state index contributed by atoms with van der Waals surface area (Å²) in [6.45, 7) is 6.06. The molecule has 0 saturated heterocycles. The Labute approximate surface area is 85.1 Å². The Balaban J connectivity index is 2.28. The minimum Gasteiger partial charge on any atom is -0.300 e. The molecule has 0 spiro atoms. The molecule has 0 unspecified atom stereocenters. The second-order valence-corrected chi connectivity index (χ2v) is 4.80. The SMILES string of the molecule is CC(=O)[C@H]1[C@H](c2ccccc2)C1(C)C. The van der Waals surface area contributed by atoms with Crippen LogP contribution in [0.2, 0.25) is 0 Å². The van der Waals surface area contributed by atoms with Gasteiger partial charge in [0.2, 0.25) is 0 Å². The van der Waals surface area contributed by atoms with Crippen molar-refractivity contribution >= 4 is 5.78 Å². The van der Waals surface area contributed by atoms with Gasteiger partial charge in [-0.1, -0.05) is 44.2 Å². The van der Waals surface area contributed by atoms with E-state index in [1.165, 1.54) is 5.56 Å². The zero-order valence-corrected chi connectivity index (χ0v) is 8.95. The Morgan fingerprint density at radius 2 is 1.79 bits per heavy atom. The molecule has 0 aromatic heterocycles. The van der Waals surface area contributed by atoms with E-state index in [4.69, 9.17) is 0 Å². The van der Waals surface area contributed by atoms with Crippen LogP contribution < -0.4 is 0 Å². The summed E-state index contributed by atoms with van der Waals surface area (Å²) in [6.07, 6.45) is 0. The van der Waals surface area contributed by atoms with Crippen LogP contribution in [0.4, 0.5) is 0 Å². The molecule has 1 aliphatic rings. The average Bonchev–Trinajstić information content (AvgIpc) is 2.71. The van der Waals surface area contributed by atoms with E-state index in [9.17, 15) is 4.79 Å². The maximum absolute atomic E-state index is 11.4. The zero-order valence-electron chi connectivity index (χ0n) is 8.95. The van der Waals surface area contributed by atoms with Crippen LogP contribution in [0.5, 0.6) is 0 Å². The Bertz CT molecular complexity index is 351. The lowest BCUT2D eigenvalue weighted by molar-refractivity contribution is -0.118. The lowest BCUT2D eigenvalue weighted by Gasteiger charge is -2.01. The molecule has 0 radical (unpaired) electrons. The molecule has 0 heterocycles. The van der Waals surface area contributed by atoms with Gasteiger partial charge in [0.1, 0.15) is 5.78 Å². The summed E-state index contributed by atoms with van der Waals surface area (Å²) in [5.41, 5.74) is 1.46. The van der Waals surface area contributed by atoms with Crippen molar-refractivity contribution < 1.29 is 4.79 Å². The summed E-state index contributed by atoms with van der Waals surface area (Å²) in [6, 6.07) is 10.3. The quantitative estimate of drug-likeness (QED) is 0.697. The van der Waals surface area contributed by atoms with Crippen molar-refractivity contribution in [2.75, 3.05) is 0 Å². The first-order valence-electron chi connectivity index (χ1n) is 5.10. The third-order valence-electron chi connectivity index (χ3n) is 3.42. The fraction of sp³-hybridized carbons (Fsp3) is 0.462. The van der Waals surface area contributed by atoms with Crippen LogP contribution in [0, 0.1) is 11.3 Å². The summed E-state index contributed by atoms with van der Waals surface area (Å²) in [4.78, 5) is 11.4. The van der Waals surface area contributed by atoms with Gasteiger partial charge in [0.05, 0.1) is 0 Å². The number of hydrogen-bond acceptors (Lipinski definition) is 1. The molecule has 74 valence electrons. The lowest BCUT2D eigenvalue weighted by atomic mass is 10.0. The van der Waals surface area contributed by atoms with Crippen LogP contribution in [0.3, 0.4) is 0 Å². The zero-order chi connectivity index (χ0) is 10.3. The fourth-order valence-corrected chi connectivity index (χ4v) is 2.68. The molecule has 0 bridgehead atoms. The first kappa shape index (κ1) is 9.45. The van der Waals surface area contributed by atoms with Crippen molar-refractivity contribution in [1.82, 2.24) is 0 Å². The Kier molecular flexibility index (Phi) is 1.99. The summed E-state index contributed by atoms with van der Waals surface area (Å²) < 4.78 is 0. The maximum Gasteiger partial charge on any atom is 0.134 e. The van der Waals surface area contributed by atoms with Gasteiger partial charge in [-0.05, 0) is 23.8 Å². The first-order valence-corrected chi connectivity index (χ1v) is 5.10. The largest absolute Gasteiger partial charge is 0.300 e. The van der Waals surface area contributed by atoms with E-state index in [1.54, 1.807) is 6.92 Å². The number of hydrogen-bond donors (Lipinski definition) is 0. The summed E-state index contributed by atoms with van der Waals surface area (Å²) in [5.74, 6) is 0.981. The number of rotatable bonds is 2. The van der Waals surface area contributed by atoms with Gasteiger partial charge in [0.15, 0.2) is 0 Å². The number of carbonyl (C=O) groups is 1. The predicted molar refractivity (Wildman–Crippen MR) is 57.1 cm³/mol. The van der Waals surface area contributed by atoms with Gasteiger partial charge in [-0.2, -0.15) is 0 Å². The Morgan fingerprint density at radius 3 is 2.21 bits per heavy atom. The van der Waals surface area contributed by atoms with Crippen molar-refractivity contribution in [3.8, 4) is 0 Å². The molecule has 1 heteroatoms. The van der Waals surface area contributed by atoms with Gasteiger partial charge < -0.3 is 0 Å². The molecule has 0 amide bonds. The maximum atomic E-state index is 11.4. The molecule has 2 rings (SSSR count). The van der Waals surface area contributed by atoms with Crippen molar-refractivity contribution in [3.05, 3.63) is 35.9 Å². The highest BCUT2D eigenvalue weighted by Crippen LogP contribution is 2.64. The minimum absolute atomic E-state index is 0.160. The highest BCUT2D eigenvalue weighted by atomic mass is 16.1. The molecule has 0 aliphatic heterocycles. The van der Waals surface area contributed by atoms with E-state index in [-0.39, 0.29) is 11.3 Å². The number of Topliss-reactive ketones (excluding diaryl/α,β-unsaturated/α-hetero) is 1. The van der Waals surface area contributed by atoms with Crippen molar-refractivity contribution in [3.63, 3.8) is 0 Å². The Morgan fingerprint density at radius 1 is 1.21 bits per heavy atom. The van der Waals surface area contributed by atoms with Crippen LogP contribution in [0.25, 0.3) is 0 Å². The normalized spacial score (nSPS) is 28.5. The van der Waals surface area contributed by atoms with E-state index in [2.05, 4.69) is 26.0 Å². The van der Waals surface area contributed by atoms with Crippen molar-refractivity contribution in [2.45, 2.75) is 26.7 Å². The molecule has 1 aromatic rings.